The average molecular weight is 486 g/mol. The summed E-state index contributed by atoms with van der Waals surface area (Å²) in [4.78, 5) is 13.2. The molecule has 0 radical (unpaired) electrons. The predicted molar refractivity (Wildman–Crippen MR) is 129 cm³/mol. The number of aryl methyl sites for hydroxylation is 1. The van der Waals surface area contributed by atoms with E-state index >= 15 is 0 Å². The number of carbonyl (C=O) groups excluding carboxylic acids is 1. The first kappa shape index (κ1) is 23.4. The van der Waals surface area contributed by atoms with Gasteiger partial charge in [-0.2, -0.15) is 0 Å². The topological polar surface area (TPSA) is 69.6 Å². The molecule has 4 nitrogen and oxygen atoms in total. The molecule has 3 rings (SSSR count). The number of nitrogens with one attached hydrogen (secondary N) is 1. The summed E-state index contributed by atoms with van der Waals surface area (Å²) in [6.07, 6.45) is 8.65. The number of phenols is 2. The number of unbranched alkanes of at least 4 members (excludes halogenated alkanes) is 2. The van der Waals surface area contributed by atoms with Gasteiger partial charge in [-0.15, -0.1) is 0 Å². The molecule has 1 unspecified atom stereocenters. The Bertz CT molecular complexity index is 967. The number of allylic oxidation sites excluding steroid dienone is 2. The molecule has 1 amide bonds. The zero-order chi connectivity index (χ0) is 22.4. The second-order valence-corrected chi connectivity index (χ2v) is 9.29. The standard InChI is InChI=1S/C26H32BrNO3/c1-3-4-5-10-19-15-22(29)23(18-12-8-9-17(2)14-18)25(30)24(19)26(31)28-16-20-11-6-7-13-21(20)27/h6-7,11,13-15,18,29-30H,3-5,8-10,12,16H2,1-2H3,(H,28,31). The number of aromatic hydroxyl groups is 2. The zero-order valence-corrected chi connectivity index (χ0v) is 20.0. The van der Waals surface area contributed by atoms with Crippen molar-refractivity contribution in [2.24, 2.45) is 0 Å². The van der Waals surface area contributed by atoms with Crippen molar-refractivity contribution in [3.63, 3.8) is 0 Å². The van der Waals surface area contributed by atoms with E-state index in [0.717, 1.165) is 48.6 Å². The van der Waals surface area contributed by atoms with Crippen LogP contribution in [0.4, 0.5) is 0 Å². The van der Waals surface area contributed by atoms with E-state index in [1.165, 1.54) is 5.57 Å². The maximum atomic E-state index is 13.2. The number of rotatable bonds is 8. The van der Waals surface area contributed by atoms with Gasteiger partial charge in [-0.3, -0.25) is 4.79 Å². The molecule has 5 heteroatoms. The van der Waals surface area contributed by atoms with Crippen molar-refractivity contribution in [1.82, 2.24) is 5.32 Å². The lowest BCUT2D eigenvalue weighted by atomic mass is 9.83. The van der Waals surface area contributed by atoms with Crippen LogP contribution >= 0.6 is 15.9 Å². The van der Waals surface area contributed by atoms with Gasteiger partial charge in [-0.05, 0) is 62.3 Å². The van der Waals surface area contributed by atoms with Gasteiger partial charge in [0.05, 0.1) is 5.56 Å². The molecule has 1 aliphatic carbocycles. The first-order valence-electron chi connectivity index (χ1n) is 11.2. The average Bonchev–Trinajstić information content (AvgIpc) is 2.73. The quantitative estimate of drug-likeness (QED) is 0.286. The minimum atomic E-state index is -0.308. The number of benzene rings is 2. The second-order valence-electron chi connectivity index (χ2n) is 8.44. The van der Waals surface area contributed by atoms with Crippen LogP contribution in [0.1, 0.15) is 85.3 Å². The lowest BCUT2D eigenvalue weighted by molar-refractivity contribution is 0.0947. The molecule has 0 aromatic heterocycles. The van der Waals surface area contributed by atoms with E-state index in [1.807, 2.05) is 24.3 Å². The maximum absolute atomic E-state index is 13.2. The van der Waals surface area contributed by atoms with Gasteiger partial charge < -0.3 is 15.5 Å². The largest absolute Gasteiger partial charge is 0.507 e. The van der Waals surface area contributed by atoms with Crippen LogP contribution in [0.5, 0.6) is 11.5 Å². The molecule has 0 spiro atoms. The zero-order valence-electron chi connectivity index (χ0n) is 18.4. The Morgan fingerprint density at radius 1 is 1.19 bits per heavy atom. The highest BCUT2D eigenvalue weighted by Crippen LogP contribution is 2.44. The maximum Gasteiger partial charge on any atom is 0.255 e. The highest BCUT2D eigenvalue weighted by Gasteiger charge is 2.27. The Morgan fingerprint density at radius 3 is 2.68 bits per heavy atom. The van der Waals surface area contributed by atoms with Gasteiger partial charge in [-0.25, -0.2) is 0 Å². The van der Waals surface area contributed by atoms with E-state index < -0.39 is 0 Å². The van der Waals surface area contributed by atoms with Crippen LogP contribution in [0.2, 0.25) is 0 Å². The van der Waals surface area contributed by atoms with Crippen molar-refractivity contribution in [1.29, 1.82) is 0 Å². The summed E-state index contributed by atoms with van der Waals surface area (Å²) in [5.41, 5.74) is 3.69. The van der Waals surface area contributed by atoms with Crippen molar-refractivity contribution >= 4 is 21.8 Å². The molecule has 0 bridgehead atoms. The number of phenolic OH excluding ortho intramolecular Hbond substituents is 2. The molecule has 0 fully saturated rings. The van der Waals surface area contributed by atoms with E-state index in [9.17, 15) is 15.0 Å². The number of halogens is 1. The number of carbonyl (C=O) groups is 1. The monoisotopic (exact) mass is 485 g/mol. The number of amides is 1. The van der Waals surface area contributed by atoms with Crippen LogP contribution in [0.3, 0.4) is 0 Å². The fourth-order valence-corrected chi connectivity index (χ4v) is 4.77. The Labute approximate surface area is 193 Å². The van der Waals surface area contributed by atoms with E-state index in [2.05, 4.69) is 41.2 Å². The van der Waals surface area contributed by atoms with Crippen LogP contribution in [-0.4, -0.2) is 16.1 Å². The van der Waals surface area contributed by atoms with Gasteiger partial charge >= 0.3 is 0 Å². The Hall–Kier alpha value is -2.27. The summed E-state index contributed by atoms with van der Waals surface area (Å²) in [6.45, 7) is 4.55. The molecular weight excluding hydrogens is 454 g/mol. The molecule has 31 heavy (non-hydrogen) atoms. The highest BCUT2D eigenvalue weighted by molar-refractivity contribution is 9.10. The fraction of sp³-hybridized carbons (Fsp3) is 0.423. The summed E-state index contributed by atoms with van der Waals surface area (Å²) in [5, 5.41) is 25.0. The Kier molecular flexibility index (Phi) is 8.19. The second kappa shape index (κ2) is 10.9. The van der Waals surface area contributed by atoms with Crippen molar-refractivity contribution in [3.8, 4) is 11.5 Å². The van der Waals surface area contributed by atoms with Crippen LogP contribution < -0.4 is 5.32 Å². The number of hydrogen-bond acceptors (Lipinski definition) is 3. The van der Waals surface area contributed by atoms with Gasteiger partial charge in [0.2, 0.25) is 0 Å². The van der Waals surface area contributed by atoms with Gasteiger partial charge in [0.15, 0.2) is 0 Å². The molecule has 0 aliphatic heterocycles. The van der Waals surface area contributed by atoms with Crippen LogP contribution in [-0.2, 0) is 13.0 Å². The molecule has 3 N–H and O–H groups in total. The van der Waals surface area contributed by atoms with E-state index in [4.69, 9.17) is 0 Å². The summed E-state index contributed by atoms with van der Waals surface area (Å²) in [7, 11) is 0. The van der Waals surface area contributed by atoms with E-state index in [1.54, 1.807) is 6.07 Å². The van der Waals surface area contributed by atoms with Gasteiger partial charge in [0.1, 0.15) is 11.5 Å². The van der Waals surface area contributed by atoms with Gasteiger partial charge in [0, 0.05) is 22.5 Å². The Morgan fingerprint density at radius 2 is 1.97 bits per heavy atom. The first-order chi connectivity index (χ1) is 14.9. The molecule has 0 heterocycles. The smallest absolute Gasteiger partial charge is 0.255 e. The molecule has 1 aliphatic rings. The SMILES string of the molecule is CCCCCc1cc(O)c(C2C=C(C)CCC2)c(O)c1C(=O)NCc1ccccc1Br. The minimum Gasteiger partial charge on any atom is -0.507 e. The third-order valence-corrected chi connectivity index (χ3v) is 6.79. The van der Waals surface area contributed by atoms with Crippen molar-refractivity contribution in [2.45, 2.75) is 71.3 Å². The third kappa shape index (κ3) is 5.70. The lowest BCUT2D eigenvalue weighted by Crippen LogP contribution is -2.25. The molecule has 1 atom stereocenters. The first-order valence-corrected chi connectivity index (χ1v) is 12.0. The lowest BCUT2D eigenvalue weighted by Gasteiger charge is -2.24. The summed E-state index contributed by atoms with van der Waals surface area (Å²) in [5.74, 6) is -0.375. The molecule has 0 saturated carbocycles. The minimum absolute atomic E-state index is 0.0757. The summed E-state index contributed by atoms with van der Waals surface area (Å²) >= 11 is 3.51. The molecule has 2 aromatic rings. The van der Waals surface area contributed by atoms with Crippen LogP contribution in [0, 0.1) is 0 Å². The molecule has 2 aromatic carbocycles. The van der Waals surface area contributed by atoms with Crippen LogP contribution in [0.15, 0.2) is 46.5 Å². The predicted octanol–water partition coefficient (Wildman–Crippen LogP) is 6.74. The Balaban J connectivity index is 1.96. The highest BCUT2D eigenvalue weighted by atomic mass is 79.9. The number of hydrogen-bond donors (Lipinski definition) is 3. The molecule has 166 valence electrons. The fourth-order valence-electron chi connectivity index (χ4n) is 4.35. The van der Waals surface area contributed by atoms with Gasteiger partial charge in [0.25, 0.3) is 5.91 Å². The van der Waals surface area contributed by atoms with Crippen LogP contribution in [0.25, 0.3) is 0 Å². The van der Waals surface area contributed by atoms with Gasteiger partial charge in [-0.1, -0.05) is 65.5 Å². The van der Waals surface area contributed by atoms with E-state index in [-0.39, 0.29) is 23.3 Å². The van der Waals surface area contributed by atoms with Crippen molar-refractivity contribution < 1.29 is 15.0 Å². The summed E-state index contributed by atoms with van der Waals surface area (Å²) < 4.78 is 0.928. The summed E-state index contributed by atoms with van der Waals surface area (Å²) in [6, 6.07) is 9.43. The van der Waals surface area contributed by atoms with Crippen molar-refractivity contribution in [3.05, 3.63) is 68.7 Å². The van der Waals surface area contributed by atoms with E-state index in [0.29, 0.717) is 29.7 Å². The normalized spacial score (nSPS) is 16.1. The molecular formula is C26H32BrNO3. The third-order valence-electron chi connectivity index (χ3n) is 6.02. The molecule has 0 saturated heterocycles. The van der Waals surface area contributed by atoms with Crippen molar-refractivity contribution in [2.75, 3.05) is 0 Å².